The summed E-state index contributed by atoms with van der Waals surface area (Å²) in [5.74, 6) is -0.458. The number of halogens is 1. The van der Waals surface area contributed by atoms with E-state index in [9.17, 15) is 9.50 Å². The monoisotopic (exact) mass is 477 g/mol. The van der Waals surface area contributed by atoms with Crippen molar-refractivity contribution in [3.8, 4) is 6.07 Å². The van der Waals surface area contributed by atoms with E-state index in [2.05, 4.69) is 6.92 Å². The number of nitrogens with zero attached hydrogens (tertiary/aromatic N) is 1. The summed E-state index contributed by atoms with van der Waals surface area (Å²) in [6, 6.07) is 6.02. The van der Waals surface area contributed by atoms with Gasteiger partial charge in [-0.15, -0.1) is 0 Å². The predicted octanol–water partition coefficient (Wildman–Crippen LogP) is 7.85. The molecule has 1 aromatic carbocycles. The third-order valence-corrected chi connectivity index (χ3v) is 6.12. The molecule has 0 spiro atoms. The van der Waals surface area contributed by atoms with Crippen LogP contribution in [0.2, 0.25) is 0 Å². The van der Waals surface area contributed by atoms with Gasteiger partial charge in [0.25, 0.3) is 0 Å². The van der Waals surface area contributed by atoms with E-state index < -0.39 is 11.9 Å². The molecule has 0 saturated heterocycles. The van der Waals surface area contributed by atoms with Crippen LogP contribution < -0.4 is 0 Å². The highest BCUT2D eigenvalue weighted by molar-refractivity contribution is 5.33. The summed E-state index contributed by atoms with van der Waals surface area (Å²) in [7, 11) is 0. The van der Waals surface area contributed by atoms with Crippen LogP contribution in [-0.2, 0) is 16.1 Å². The Labute approximate surface area is 207 Å². The van der Waals surface area contributed by atoms with Crippen molar-refractivity contribution in [2.24, 2.45) is 0 Å². The third kappa shape index (κ3) is 17.9. The van der Waals surface area contributed by atoms with Crippen LogP contribution in [0.25, 0.3) is 0 Å². The fourth-order valence-corrected chi connectivity index (χ4v) is 4.13. The largest absolute Gasteiger partial charge is 0.388 e. The van der Waals surface area contributed by atoms with E-state index in [1.165, 1.54) is 108 Å². The van der Waals surface area contributed by atoms with Gasteiger partial charge in [0.05, 0.1) is 31.5 Å². The van der Waals surface area contributed by atoms with E-state index in [1.54, 1.807) is 6.07 Å². The topological polar surface area (TPSA) is 62.5 Å². The molecule has 34 heavy (non-hydrogen) atoms. The van der Waals surface area contributed by atoms with Gasteiger partial charge in [0.15, 0.2) is 0 Å². The fraction of sp³-hybridized carbons (Fsp3) is 0.759. The minimum atomic E-state index is -0.704. The molecule has 0 fully saturated rings. The molecule has 0 amide bonds. The van der Waals surface area contributed by atoms with Crippen molar-refractivity contribution in [3.05, 3.63) is 35.1 Å². The molecule has 0 saturated carbocycles. The molecule has 0 unspecified atom stereocenters. The smallest absolute Gasteiger partial charge is 0.124 e. The van der Waals surface area contributed by atoms with Gasteiger partial charge in [0.2, 0.25) is 0 Å². The van der Waals surface area contributed by atoms with Crippen LogP contribution in [0.3, 0.4) is 0 Å². The number of benzene rings is 1. The van der Waals surface area contributed by atoms with E-state index in [0.717, 1.165) is 6.42 Å². The first-order chi connectivity index (χ1) is 16.7. The molecule has 1 atom stereocenters. The molecule has 0 aromatic heterocycles. The molecular formula is C29H48FNO3. The fourth-order valence-electron chi connectivity index (χ4n) is 4.13. The van der Waals surface area contributed by atoms with Crippen molar-refractivity contribution in [3.63, 3.8) is 0 Å². The van der Waals surface area contributed by atoms with Crippen molar-refractivity contribution >= 4 is 0 Å². The maximum absolute atomic E-state index is 13.4. The van der Waals surface area contributed by atoms with Gasteiger partial charge in [-0.05, 0) is 30.2 Å². The van der Waals surface area contributed by atoms with Gasteiger partial charge >= 0.3 is 0 Å². The Kier molecular flexibility index (Phi) is 19.8. The van der Waals surface area contributed by atoms with Gasteiger partial charge in [0, 0.05) is 6.61 Å². The minimum absolute atomic E-state index is 0.122. The standard InChI is InChI=1S/C29H48FNO3/c1-2-3-4-5-6-7-8-9-10-11-12-13-14-15-16-17-18-33-24-29(32)25-34-23-27-19-26(22-31)20-28(30)21-27/h19-21,29,32H,2-18,23-25H2,1H3/t29-/m1/s1. The molecule has 4 nitrogen and oxygen atoms in total. The molecule has 0 bridgehead atoms. The number of unbranched alkanes of at least 4 members (excludes halogenated alkanes) is 15. The number of rotatable bonds is 23. The molecule has 5 heteroatoms. The summed E-state index contributed by atoms with van der Waals surface area (Å²) in [5, 5.41) is 18.8. The van der Waals surface area contributed by atoms with Crippen molar-refractivity contribution in [2.45, 2.75) is 122 Å². The summed E-state index contributed by atoms with van der Waals surface area (Å²) >= 11 is 0. The van der Waals surface area contributed by atoms with Crippen LogP contribution in [0.1, 0.15) is 121 Å². The second-order valence-electron chi connectivity index (χ2n) is 9.51. The average Bonchev–Trinajstić information content (AvgIpc) is 2.83. The number of aliphatic hydroxyl groups excluding tert-OH is 1. The molecule has 0 aliphatic carbocycles. The Balaban J connectivity index is 1.82. The molecule has 194 valence electrons. The van der Waals surface area contributed by atoms with Crippen LogP contribution in [0.5, 0.6) is 0 Å². The van der Waals surface area contributed by atoms with Crippen molar-refractivity contribution in [1.82, 2.24) is 0 Å². The lowest BCUT2D eigenvalue weighted by Crippen LogP contribution is -2.22. The number of ether oxygens (including phenoxy) is 2. The lowest BCUT2D eigenvalue weighted by Gasteiger charge is -2.12. The number of hydrogen-bond acceptors (Lipinski definition) is 4. The summed E-state index contributed by atoms with van der Waals surface area (Å²) in [5.41, 5.74) is 0.846. The molecule has 0 aliphatic heterocycles. The highest BCUT2D eigenvalue weighted by atomic mass is 19.1. The van der Waals surface area contributed by atoms with Crippen LogP contribution in [-0.4, -0.2) is 31.0 Å². The number of nitriles is 1. The number of hydrogen-bond donors (Lipinski definition) is 1. The summed E-state index contributed by atoms with van der Waals surface area (Å²) in [6.07, 6.45) is 20.8. The average molecular weight is 478 g/mol. The van der Waals surface area contributed by atoms with E-state index in [4.69, 9.17) is 14.7 Å². The Morgan fingerprint density at radius 3 is 1.79 bits per heavy atom. The number of aliphatic hydroxyl groups is 1. The van der Waals surface area contributed by atoms with Crippen LogP contribution >= 0.6 is 0 Å². The Morgan fingerprint density at radius 2 is 1.26 bits per heavy atom. The van der Waals surface area contributed by atoms with E-state index in [-0.39, 0.29) is 25.4 Å². The molecule has 0 heterocycles. The Morgan fingerprint density at radius 1 is 0.765 bits per heavy atom. The maximum atomic E-state index is 13.4. The molecule has 1 aromatic rings. The first kappa shape index (κ1) is 30.6. The normalized spacial score (nSPS) is 12.1. The highest BCUT2D eigenvalue weighted by Gasteiger charge is 2.06. The SMILES string of the molecule is CCCCCCCCCCCCCCCCCCOC[C@@H](O)COCc1cc(F)cc(C#N)c1. The van der Waals surface area contributed by atoms with E-state index >= 15 is 0 Å². The first-order valence-corrected chi connectivity index (χ1v) is 13.7. The predicted molar refractivity (Wildman–Crippen MR) is 137 cm³/mol. The molecule has 0 aliphatic rings. The van der Waals surface area contributed by atoms with Crippen molar-refractivity contribution in [2.75, 3.05) is 19.8 Å². The lowest BCUT2D eigenvalue weighted by atomic mass is 10.0. The van der Waals surface area contributed by atoms with Crippen molar-refractivity contribution in [1.29, 1.82) is 5.26 Å². The highest BCUT2D eigenvalue weighted by Crippen LogP contribution is 2.14. The third-order valence-electron chi connectivity index (χ3n) is 6.12. The minimum Gasteiger partial charge on any atom is -0.388 e. The molecular weight excluding hydrogens is 429 g/mol. The van der Waals surface area contributed by atoms with Gasteiger partial charge in [-0.25, -0.2) is 4.39 Å². The van der Waals surface area contributed by atoms with Gasteiger partial charge in [0.1, 0.15) is 11.9 Å². The summed E-state index contributed by atoms with van der Waals surface area (Å²) in [4.78, 5) is 0. The van der Waals surface area contributed by atoms with Gasteiger partial charge in [-0.3, -0.25) is 0 Å². The van der Waals surface area contributed by atoms with Crippen LogP contribution in [0.4, 0.5) is 4.39 Å². The molecule has 1 N–H and O–H groups in total. The van der Waals surface area contributed by atoms with Gasteiger partial charge in [-0.2, -0.15) is 5.26 Å². The van der Waals surface area contributed by atoms with E-state index in [1.807, 2.05) is 6.07 Å². The van der Waals surface area contributed by atoms with Gasteiger partial charge in [-0.1, -0.05) is 103 Å². The van der Waals surface area contributed by atoms with E-state index in [0.29, 0.717) is 12.2 Å². The molecule has 1 rings (SSSR count). The molecule has 0 radical (unpaired) electrons. The van der Waals surface area contributed by atoms with Crippen LogP contribution in [0, 0.1) is 17.1 Å². The summed E-state index contributed by atoms with van der Waals surface area (Å²) in [6.45, 7) is 3.45. The second kappa shape index (κ2) is 22.0. The second-order valence-corrected chi connectivity index (χ2v) is 9.51. The zero-order valence-electron chi connectivity index (χ0n) is 21.5. The zero-order chi connectivity index (χ0) is 24.7. The first-order valence-electron chi connectivity index (χ1n) is 13.7. The lowest BCUT2D eigenvalue weighted by molar-refractivity contribution is -0.0240. The summed E-state index contributed by atoms with van der Waals surface area (Å²) < 4.78 is 24.3. The van der Waals surface area contributed by atoms with Crippen molar-refractivity contribution < 1.29 is 19.0 Å². The van der Waals surface area contributed by atoms with Crippen LogP contribution in [0.15, 0.2) is 18.2 Å². The zero-order valence-corrected chi connectivity index (χ0v) is 21.5. The Hall–Kier alpha value is -1.48. The van der Waals surface area contributed by atoms with Gasteiger partial charge < -0.3 is 14.6 Å². The quantitative estimate of drug-likeness (QED) is 0.163. The maximum Gasteiger partial charge on any atom is 0.124 e. The Bertz CT molecular complexity index is 647.